The topological polar surface area (TPSA) is 66.8 Å². The number of amides is 1. The first kappa shape index (κ1) is 11.2. The number of carbonyl (C=O) groups excluding carboxylic acids is 1. The Morgan fingerprint density at radius 1 is 1.31 bits per heavy atom. The number of hydrogen-bond acceptors (Lipinski definition) is 3. The number of piperidine rings is 1. The number of aliphatic carboxylic acids is 1. The average molecular weight is 227 g/mol. The Labute approximate surface area is 94.4 Å². The Morgan fingerprint density at radius 3 is 2.44 bits per heavy atom. The van der Waals surface area contributed by atoms with Gasteiger partial charge in [-0.25, -0.2) is 9.59 Å². The van der Waals surface area contributed by atoms with Crippen molar-refractivity contribution in [3.05, 3.63) is 0 Å². The number of hydrogen-bond donors (Lipinski definition) is 1. The molecule has 1 aliphatic carbocycles. The highest BCUT2D eigenvalue weighted by Gasteiger charge is 2.57. The first-order valence-electron chi connectivity index (χ1n) is 5.54. The second-order valence-electron chi connectivity index (χ2n) is 5.54. The number of ether oxygens (including phenoxy) is 1. The maximum absolute atomic E-state index is 11.9. The minimum Gasteiger partial charge on any atom is -0.480 e. The Bertz CT molecular complexity index is 333. The van der Waals surface area contributed by atoms with Crippen molar-refractivity contribution in [3.8, 4) is 0 Å². The van der Waals surface area contributed by atoms with E-state index in [1.54, 1.807) is 20.8 Å². The van der Waals surface area contributed by atoms with Crippen molar-refractivity contribution in [1.82, 2.24) is 4.90 Å². The Morgan fingerprint density at radius 2 is 1.94 bits per heavy atom. The third-order valence-electron chi connectivity index (χ3n) is 2.99. The van der Waals surface area contributed by atoms with Gasteiger partial charge in [-0.1, -0.05) is 0 Å². The standard InChI is InChI=1S/C11H17NO4/c1-11(2,3)16-10(15)12-7-4-6(7)5-8(12)9(13)14/h6-8H,4-5H2,1-3H3,(H,13,14)/t6-,7+,8?/m1/s1. The first-order chi connectivity index (χ1) is 7.29. The van der Waals surface area contributed by atoms with Crippen molar-refractivity contribution in [2.24, 2.45) is 5.92 Å². The monoisotopic (exact) mass is 227 g/mol. The van der Waals surface area contributed by atoms with E-state index in [2.05, 4.69) is 0 Å². The molecule has 2 aliphatic rings. The molecular formula is C11H17NO4. The van der Waals surface area contributed by atoms with Gasteiger partial charge < -0.3 is 9.84 Å². The molecule has 0 aromatic carbocycles. The fourth-order valence-corrected chi connectivity index (χ4v) is 2.25. The SMILES string of the molecule is CC(C)(C)OC(=O)N1C(C(=O)O)C[C@H]2C[C@@H]21. The summed E-state index contributed by atoms with van der Waals surface area (Å²) in [7, 11) is 0. The van der Waals surface area contributed by atoms with Gasteiger partial charge in [-0.15, -0.1) is 0 Å². The molecule has 1 saturated heterocycles. The second-order valence-corrected chi connectivity index (χ2v) is 5.54. The molecule has 1 amide bonds. The molecule has 1 aliphatic heterocycles. The summed E-state index contributed by atoms with van der Waals surface area (Å²) in [5.41, 5.74) is -0.576. The maximum Gasteiger partial charge on any atom is 0.411 e. The molecular weight excluding hydrogens is 210 g/mol. The van der Waals surface area contributed by atoms with E-state index in [-0.39, 0.29) is 6.04 Å². The van der Waals surface area contributed by atoms with Gasteiger partial charge in [-0.2, -0.15) is 0 Å². The highest BCUT2D eigenvalue weighted by molar-refractivity contribution is 5.82. The van der Waals surface area contributed by atoms with Crippen LogP contribution in [0, 0.1) is 5.92 Å². The van der Waals surface area contributed by atoms with Crippen LogP contribution >= 0.6 is 0 Å². The van der Waals surface area contributed by atoms with Crippen molar-refractivity contribution in [2.75, 3.05) is 0 Å². The minimum atomic E-state index is -0.932. The molecule has 1 heterocycles. The lowest BCUT2D eigenvalue weighted by Crippen LogP contribution is -2.45. The lowest BCUT2D eigenvalue weighted by molar-refractivity contribution is -0.142. The van der Waals surface area contributed by atoms with Gasteiger partial charge in [0.05, 0.1) is 0 Å². The van der Waals surface area contributed by atoms with Gasteiger partial charge in [-0.3, -0.25) is 4.90 Å². The van der Waals surface area contributed by atoms with Crippen LogP contribution in [-0.4, -0.2) is 39.8 Å². The normalized spacial score (nSPS) is 32.2. The molecule has 16 heavy (non-hydrogen) atoms. The number of carboxylic acid groups (broad SMARTS) is 1. The van der Waals surface area contributed by atoms with Gasteiger partial charge in [0, 0.05) is 6.04 Å². The summed E-state index contributed by atoms with van der Waals surface area (Å²) in [6, 6.07) is -0.602. The first-order valence-corrected chi connectivity index (χ1v) is 5.54. The predicted octanol–water partition coefficient (Wildman–Crippen LogP) is 1.47. The van der Waals surface area contributed by atoms with Crippen molar-refractivity contribution in [3.63, 3.8) is 0 Å². The summed E-state index contributed by atoms with van der Waals surface area (Å²) in [5, 5.41) is 9.02. The van der Waals surface area contributed by atoms with E-state index in [0.717, 1.165) is 6.42 Å². The smallest absolute Gasteiger partial charge is 0.411 e. The molecule has 0 spiro atoms. The van der Waals surface area contributed by atoms with Crippen LogP contribution in [0.2, 0.25) is 0 Å². The van der Waals surface area contributed by atoms with Gasteiger partial charge >= 0.3 is 12.1 Å². The molecule has 0 aromatic rings. The Balaban J connectivity index is 2.07. The fourth-order valence-electron chi connectivity index (χ4n) is 2.25. The number of carboxylic acids is 1. The van der Waals surface area contributed by atoms with Crippen molar-refractivity contribution < 1.29 is 19.4 Å². The minimum absolute atomic E-state index is 0.0935. The second kappa shape index (κ2) is 3.37. The lowest BCUT2D eigenvalue weighted by Gasteiger charge is -2.28. The zero-order valence-electron chi connectivity index (χ0n) is 9.77. The summed E-state index contributed by atoms with van der Waals surface area (Å²) >= 11 is 0. The van der Waals surface area contributed by atoms with E-state index < -0.39 is 23.7 Å². The van der Waals surface area contributed by atoms with E-state index in [0.29, 0.717) is 12.3 Å². The molecule has 1 unspecified atom stereocenters. The van der Waals surface area contributed by atoms with Gasteiger partial charge in [-0.05, 0) is 39.5 Å². The van der Waals surface area contributed by atoms with Crippen LogP contribution in [0.3, 0.4) is 0 Å². The highest BCUT2D eigenvalue weighted by atomic mass is 16.6. The Hall–Kier alpha value is -1.26. The zero-order valence-corrected chi connectivity index (χ0v) is 9.77. The Kier molecular flexibility index (Phi) is 2.36. The third kappa shape index (κ3) is 1.99. The molecule has 0 aromatic heterocycles. The summed E-state index contributed by atoms with van der Waals surface area (Å²) in [6.45, 7) is 5.34. The highest BCUT2D eigenvalue weighted by Crippen LogP contribution is 2.48. The molecule has 90 valence electrons. The molecule has 5 nitrogen and oxygen atoms in total. The molecule has 1 N–H and O–H groups in total. The summed E-state index contributed by atoms with van der Waals surface area (Å²) in [4.78, 5) is 24.3. The maximum atomic E-state index is 11.9. The van der Waals surface area contributed by atoms with Crippen molar-refractivity contribution in [2.45, 2.75) is 51.3 Å². The molecule has 2 fully saturated rings. The molecule has 0 radical (unpaired) electrons. The van der Waals surface area contributed by atoms with Gasteiger partial charge in [0.1, 0.15) is 11.6 Å². The predicted molar refractivity (Wildman–Crippen MR) is 56.0 cm³/mol. The number of nitrogens with zero attached hydrogens (tertiary/aromatic N) is 1. The summed E-state index contributed by atoms with van der Waals surface area (Å²) < 4.78 is 5.22. The summed E-state index contributed by atoms with van der Waals surface area (Å²) in [6.07, 6.45) is 0.993. The van der Waals surface area contributed by atoms with Crippen molar-refractivity contribution >= 4 is 12.1 Å². The number of carbonyl (C=O) groups is 2. The molecule has 0 bridgehead atoms. The van der Waals surface area contributed by atoms with Crippen LogP contribution < -0.4 is 0 Å². The average Bonchev–Trinajstić information content (AvgIpc) is 2.73. The van der Waals surface area contributed by atoms with E-state index >= 15 is 0 Å². The molecule has 3 atom stereocenters. The molecule has 1 saturated carbocycles. The van der Waals surface area contributed by atoms with Crippen LogP contribution in [-0.2, 0) is 9.53 Å². The van der Waals surface area contributed by atoms with Crippen LogP contribution in [0.1, 0.15) is 33.6 Å². The quantitative estimate of drug-likeness (QED) is 0.736. The van der Waals surface area contributed by atoms with Crippen LogP contribution in [0.5, 0.6) is 0 Å². The largest absolute Gasteiger partial charge is 0.480 e. The molecule has 2 rings (SSSR count). The van der Waals surface area contributed by atoms with Crippen molar-refractivity contribution in [1.29, 1.82) is 0 Å². The van der Waals surface area contributed by atoms with E-state index in [9.17, 15) is 9.59 Å². The van der Waals surface area contributed by atoms with Gasteiger partial charge in [0.15, 0.2) is 0 Å². The van der Waals surface area contributed by atoms with E-state index in [1.165, 1.54) is 4.90 Å². The van der Waals surface area contributed by atoms with Gasteiger partial charge in [0.25, 0.3) is 0 Å². The lowest BCUT2D eigenvalue weighted by atomic mass is 10.2. The van der Waals surface area contributed by atoms with Crippen LogP contribution in [0.15, 0.2) is 0 Å². The third-order valence-corrected chi connectivity index (χ3v) is 2.99. The fraction of sp³-hybridized carbons (Fsp3) is 0.818. The summed E-state index contributed by atoms with van der Waals surface area (Å²) in [5.74, 6) is -0.563. The number of likely N-dealkylation sites (tertiary alicyclic amines) is 1. The zero-order chi connectivity index (χ0) is 12.1. The van der Waals surface area contributed by atoms with Crippen LogP contribution in [0.4, 0.5) is 4.79 Å². The number of fused-ring (bicyclic) bond motifs is 1. The van der Waals surface area contributed by atoms with E-state index in [4.69, 9.17) is 9.84 Å². The van der Waals surface area contributed by atoms with E-state index in [1.807, 2.05) is 0 Å². The van der Waals surface area contributed by atoms with Crippen LogP contribution in [0.25, 0.3) is 0 Å². The number of rotatable bonds is 1. The molecule has 5 heteroatoms. The van der Waals surface area contributed by atoms with Gasteiger partial charge in [0.2, 0.25) is 0 Å².